The fraction of sp³-hybridized carbons (Fsp3) is 0.412. The maximum Gasteiger partial charge on any atom is 0.161 e. The molecule has 0 aliphatic carbocycles. The van der Waals surface area contributed by atoms with Crippen LogP contribution in [0.3, 0.4) is 0 Å². The Balaban J connectivity index is 2.56. The van der Waals surface area contributed by atoms with Gasteiger partial charge in [0.2, 0.25) is 0 Å². The third-order valence-corrected chi connectivity index (χ3v) is 4.16. The number of rotatable bonds is 4. The Labute approximate surface area is 140 Å². The minimum Gasteiger partial charge on any atom is -0.369 e. The van der Waals surface area contributed by atoms with Crippen molar-refractivity contribution in [3.05, 3.63) is 39.6 Å². The first-order valence-electron chi connectivity index (χ1n) is 7.30. The van der Waals surface area contributed by atoms with E-state index < -0.39 is 0 Å². The molecule has 1 aromatic heterocycles. The second-order valence-corrected chi connectivity index (χ2v) is 7.18. The predicted molar refractivity (Wildman–Crippen MR) is 97.7 cm³/mol. The zero-order chi connectivity index (χ0) is 15.5. The molecule has 1 heterocycles. The fourth-order valence-electron chi connectivity index (χ4n) is 2.02. The van der Waals surface area contributed by atoms with Crippen LogP contribution in [0.4, 0.5) is 5.82 Å². The Kier molecular flexibility index (Phi) is 5.19. The second kappa shape index (κ2) is 6.73. The minimum absolute atomic E-state index is 0.00830. The van der Waals surface area contributed by atoms with Gasteiger partial charge in [-0.05, 0) is 29.0 Å². The first kappa shape index (κ1) is 16.2. The molecule has 0 saturated heterocycles. The van der Waals surface area contributed by atoms with Crippen molar-refractivity contribution < 1.29 is 0 Å². The van der Waals surface area contributed by atoms with E-state index >= 15 is 0 Å². The first-order chi connectivity index (χ1) is 9.93. The summed E-state index contributed by atoms with van der Waals surface area (Å²) < 4.78 is 1.12. The Morgan fingerprint density at radius 1 is 1.10 bits per heavy atom. The van der Waals surface area contributed by atoms with Crippen molar-refractivity contribution >= 4 is 28.4 Å². The van der Waals surface area contributed by atoms with Crippen molar-refractivity contribution in [1.29, 1.82) is 0 Å². The van der Waals surface area contributed by atoms with E-state index in [2.05, 4.69) is 67.7 Å². The van der Waals surface area contributed by atoms with E-state index in [-0.39, 0.29) is 5.41 Å². The molecule has 0 spiro atoms. The van der Waals surface area contributed by atoms with Gasteiger partial charge in [-0.25, -0.2) is 9.97 Å². The summed E-state index contributed by atoms with van der Waals surface area (Å²) in [5.74, 6) is 1.73. The molecule has 0 radical (unpaired) electrons. The van der Waals surface area contributed by atoms with Crippen LogP contribution in [0.5, 0.6) is 0 Å². The third kappa shape index (κ3) is 3.93. The lowest BCUT2D eigenvalue weighted by molar-refractivity contribution is 0.564. The van der Waals surface area contributed by atoms with Crippen LogP contribution in [0, 0.1) is 3.57 Å². The van der Waals surface area contributed by atoms with Crippen LogP contribution in [0.15, 0.2) is 30.3 Å². The summed E-state index contributed by atoms with van der Waals surface area (Å²) in [6.45, 7) is 9.65. The molecule has 2 rings (SSSR count). The van der Waals surface area contributed by atoms with E-state index in [1.807, 2.05) is 18.2 Å². The van der Waals surface area contributed by atoms with E-state index in [4.69, 9.17) is 9.97 Å². The number of hydrogen-bond donors (Lipinski definition) is 1. The van der Waals surface area contributed by atoms with Crippen molar-refractivity contribution in [1.82, 2.24) is 9.97 Å². The van der Waals surface area contributed by atoms with Gasteiger partial charge in [0.15, 0.2) is 5.82 Å². The van der Waals surface area contributed by atoms with E-state index in [1.165, 1.54) is 0 Å². The van der Waals surface area contributed by atoms with Crippen molar-refractivity contribution in [2.45, 2.75) is 39.5 Å². The smallest absolute Gasteiger partial charge is 0.161 e. The molecule has 4 heteroatoms. The van der Waals surface area contributed by atoms with Crippen LogP contribution in [-0.2, 0) is 5.41 Å². The lowest BCUT2D eigenvalue weighted by Gasteiger charge is -2.22. The van der Waals surface area contributed by atoms with Crippen molar-refractivity contribution in [3.8, 4) is 11.4 Å². The maximum atomic E-state index is 4.82. The molecule has 3 nitrogen and oxygen atoms in total. The average Bonchev–Trinajstić information content (AvgIpc) is 2.46. The molecule has 0 atom stereocenters. The molecule has 112 valence electrons. The molecule has 0 amide bonds. The Hall–Kier alpha value is -1.17. The number of nitrogens with zero attached hydrogens (tertiary/aromatic N) is 2. The molecule has 0 bridgehead atoms. The highest BCUT2D eigenvalue weighted by molar-refractivity contribution is 14.1. The lowest BCUT2D eigenvalue weighted by Crippen LogP contribution is -2.19. The molecule has 1 aromatic carbocycles. The summed E-state index contributed by atoms with van der Waals surface area (Å²) in [7, 11) is 0. The standard InChI is InChI=1S/C17H22IN3/c1-5-11-19-16-13(18)14(17(2,3)4)20-15(21-16)12-9-7-6-8-10-12/h6-10H,5,11H2,1-4H3,(H,19,20,21). The molecule has 0 unspecified atom stereocenters. The van der Waals surface area contributed by atoms with E-state index in [0.717, 1.165) is 39.4 Å². The van der Waals surface area contributed by atoms with E-state index in [0.29, 0.717) is 0 Å². The molecular formula is C17H22IN3. The number of nitrogens with one attached hydrogen (secondary N) is 1. The highest BCUT2D eigenvalue weighted by Gasteiger charge is 2.23. The molecule has 21 heavy (non-hydrogen) atoms. The van der Waals surface area contributed by atoms with E-state index in [1.54, 1.807) is 0 Å². The molecule has 2 aromatic rings. The molecule has 0 aliphatic rings. The van der Waals surface area contributed by atoms with E-state index in [9.17, 15) is 0 Å². The van der Waals surface area contributed by atoms with Crippen LogP contribution in [0.25, 0.3) is 11.4 Å². The van der Waals surface area contributed by atoms with Crippen LogP contribution < -0.4 is 5.32 Å². The molecule has 0 fully saturated rings. The van der Waals surface area contributed by atoms with Gasteiger partial charge in [-0.1, -0.05) is 58.0 Å². The summed E-state index contributed by atoms with van der Waals surface area (Å²) in [5.41, 5.74) is 2.14. The summed E-state index contributed by atoms with van der Waals surface area (Å²) in [5, 5.41) is 3.43. The van der Waals surface area contributed by atoms with Gasteiger partial charge >= 0.3 is 0 Å². The number of benzene rings is 1. The lowest BCUT2D eigenvalue weighted by atomic mass is 9.91. The topological polar surface area (TPSA) is 37.8 Å². The normalized spacial score (nSPS) is 11.5. The number of halogens is 1. The van der Waals surface area contributed by atoms with Crippen LogP contribution in [0.2, 0.25) is 0 Å². The third-order valence-electron chi connectivity index (χ3n) is 3.14. The highest BCUT2D eigenvalue weighted by atomic mass is 127. The predicted octanol–water partition coefficient (Wildman–Crippen LogP) is 4.87. The number of aromatic nitrogens is 2. The first-order valence-corrected chi connectivity index (χ1v) is 8.38. The van der Waals surface area contributed by atoms with Gasteiger partial charge in [0.05, 0.1) is 9.26 Å². The van der Waals surface area contributed by atoms with Gasteiger partial charge in [0, 0.05) is 17.5 Å². The average molecular weight is 395 g/mol. The van der Waals surface area contributed by atoms with Gasteiger partial charge < -0.3 is 5.32 Å². The zero-order valence-electron chi connectivity index (χ0n) is 13.1. The molecular weight excluding hydrogens is 373 g/mol. The van der Waals surface area contributed by atoms with Crippen LogP contribution in [0.1, 0.15) is 39.8 Å². The summed E-state index contributed by atoms with van der Waals surface area (Å²) >= 11 is 2.35. The maximum absolute atomic E-state index is 4.82. The highest BCUT2D eigenvalue weighted by Crippen LogP contribution is 2.31. The van der Waals surface area contributed by atoms with Gasteiger partial charge in [0.25, 0.3) is 0 Å². The van der Waals surface area contributed by atoms with Crippen LogP contribution >= 0.6 is 22.6 Å². The minimum atomic E-state index is -0.00830. The Morgan fingerprint density at radius 3 is 2.33 bits per heavy atom. The monoisotopic (exact) mass is 395 g/mol. The summed E-state index contributed by atoms with van der Waals surface area (Å²) in [6, 6.07) is 10.2. The van der Waals surface area contributed by atoms with Gasteiger partial charge in [-0.2, -0.15) is 0 Å². The van der Waals surface area contributed by atoms with Crippen LogP contribution in [-0.4, -0.2) is 16.5 Å². The molecule has 0 saturated carbocycles. The summed E-state index contributed by atoms with van der Waals surface area (Å²) in [6.07, 6.45) is 1.08. The molecule has 1 N–H and O–H groups in total. The van der Waals surface area contributed by atoms with Crippen molar-refractivity contribution in [2.24, 2.45) is 0 Å². The fourth-order valence-corrected chi connectivity index (χ4v) is 3.26. The van der Waals surface area contributed by atoms with Gasteiger partial charge in [-0.3, -0.25) is 0 Å². The number of hydrogen-bond acceptors (Lipinski definition) is 3. The van der Waals surface area contributed by atoms with Gasteiger partial charge in [0.1, 0.15) is 5.82 Å². The summed E-state index contributed by atoms with van der Waals surface area (Å²) in [4.78, 5) is 9.55. The number of anilines is 1. The van der Waals surface area contributed by atoms with Gasteiger partial charge in [-0.15, -0.1) is 0 Å². The SMILES string of the molecule is CCCNc1nc(-c2ccccc2)nc(C(C)(C)C)c1I. The van der Waals surface area contributed by atoms with Crippen molar-refractivity contribution in [2.75, 3.05) is 11.9 Å². The molecule has 0 aliphatic heterocycles. The van der Waals surface area contributed by atoms with Crippen molar-refractivity contribution in [3.63, 3.8) is 0 Å². The Morgan fingerprint density at radius 2 is 1.76 bits per heavy atom. The second-order valence-electron chi connectivity index (χ2n) is 6.10. The zero-order valence-corrected chi connectivity index (χ0v) is 15.2. The Bertz CT molecular complexity index is 603. The quantitative estimate of drug-likeness (QED) is 0.751. The largest absolute Gasteiger partial charge is 0.369 e.